The second-order valence-electron chi connectivity index (χ2n) is 4.86. The Hall–Kier alpha value is -1.27. The first-order chi connectivity index (χ1) is 10.7. The molecule has 1 aliphatic carbocycles. The molecule has 0 heterocycles. The van der Waals surface area contributed by atoms with E-state index in [1.165, 1.54) is 17.5 Å². The van der Waals surface area contributed by atoms with Crippen molar-refractivity contribution in [3.63, 3.8) is 0 Å². The van der Waals surface area contributed by atoms with Crippen LogP contribution in [0, 0.1) is 20.0 Å². The third kappa shape index (κ3) is 9.46. The van der Waals surface area contributed by atoms with E-state index in [0.29, 0.717) is 12.1 Å². The van der Waals surface area contributed by atoms with Gasteiger partial charge in [0.05, 0.1) is 7.11 Å². The van der Waals surface area contributed by atoms with E-state index in [1.807, 2.05) is 0 Å². The van der Waals surface area contributed by atoms with Crippen molar-refractivity contribution >= 4 is 0 Å². The fourth-order valence-corrected chi connectivity index (χ4v) is 2.56. The summed E-state index contributed by atoms with van der Waals surface area (Å²) >= 11 is 0. The van der Waals surface area contributed by atoms with Crippen molar-refractivity contribution in [2.45, 2.75) is 45.2 Å². The van der Waals surface area contributed by atoms with Gasteiger partial charge >= 0.3 is 33.9 Å². The molecule has 0 amide bonds. The zero-order valence-corrected chi connectivity index (χ0v) is 14.8. The van der Waals surface area contributed by atoms with Crippen LogP contribution in [0.3, 0.4) is 0 Å². The molecule has 0 bridgehead atoms. The Morgan fingerprint density at radius 3 is 2.17 bits per heavy atom. The molecular weight excluding hydrogens is 334 g/mol. The fourth-order valence-electron chi connectivity index (χ4n) is 2.56. The van der Waals surface area contributed by atoms with Gasteiger partial charge in [0.2, 0.25) is 0 Å². The maximum atomic E-state index is 7.50. The Morgan fingerprint density at radius 2 is 1.70 bits per heavy atom. The number of nitrogens with one attached hydrogen (secondary N) is 1. The minimum Gasteiger partial charge on any atom is 0 e. The average molecular weight is 355 g/mol. The van der Waals surface area contributed by atoms with Crippen LogP contribution in [-0.4, -0.2) is 19.2 Å². The topological polar surface area (TPSA) is 81.0 Å². The van der Waals surface area contributed by atoms with Crippen LogP contribution in [-0.2, 0) is 44.2 Å². The van der Waals surface area contributed by atoms with Crippen LogP contribution in [0.15, 0.2) is 18.2 Å². The Kier molecular flexibility index (Phi) is 19.8. The van der Waals surface area contributed by atoms with Gasteiger partial charge in [-0.3, -0.25) is 0 Å². The summed E-state index contributed by atoms with van der Waals surface area (Å²) in [7, 11) is 1.76. The number of hydrogen-bond acceptors (Lipinski definition) is 2. The first-order valence-corrected chi connectivity index (χ1v) is 6.72. The van der Waals surface area contributed by atoms with Crippen molar-refractivity contribution in [2.75, 3.05) is 7.11 Å². The summed E-state index contributed by atoms with van der Waals surface area (Å²) < 4.78 is 27.9. The number of fused-ring (bicyclic) bond motifs is 1. The predicted octanol–water partition coefficient (Wildman–Crippen LogP) is 2.44. The van der Waals surface area contributed by atoms with Gasteiger partial charge in [-0.05, 0) is 36.5 Å². The minimum absolute atomic E-state index is 0. The maximum absolute atomic E-state index is 7.50. The Labute approximate surface area is 149 Å². The summed E-state index contributed by atoms with van der Waals surface area (Å²) in [5.74, 6) is 1.05. The molecule has 0 saturated carbocycles. The smallest absolute Gasteiger partial charge is 0 e. The third-order valence-corrected chi connectivity index (χ3v) is 3.23. The van der Waals surface area contributed by atoms with Gasteiger partial charge in [-0.25, -0.2) is 0 Å². The summed E-state index contributed by atoms with van der Waals surface area (Å²) in [5.41, 5.74) is 2.86. The van der Waals surface area contributed by atoms with Gasteiger partial charge < -0.3 is 10.1 Å². The van der Waals surface area contributed by atoms with E-state index in [2.05, 4.69) is 57.3 Å². The molecule has 0 unspecified atom stereocenters. The normalized spacial score (nSPS) is 13.9. The Balaban J connectivity index is -0.000000514. The summed E-state index contributed by atoms with van der Waals surface area (Å²) in [4.78, 5) is 0. The van der Waals surface area contributed by atoms with Crippen LogP contribution in [0.5, 0.6) is 5.75 Å². The second-order valence-corrected chi connectivity index (χ2v) is 4.86. The van der Waals surface area contributed by atoms with E-state index in [4.69, 9.17) is 18.7 Å². The van der Waals surface area contributed by atoms with Crippen LogP contribution in [0.1, 0.15) is 31.4 Å². The summed E-state index contributed by atoms with van der Waals surface area (Å²) in [6.45, 7) is 17.9. The molecule has 0 aliphatic heterocycles. The monoisotopic (exact) mass is 355 g/mol. The molecule has 0 saturated heterocycles. The van der Waals surface area contributed by atoms with Crippen molar-refractivity contribution in [3.8, 4) is 5.75 Å². The SMILES string of the molecule is COc1cccc2c1C[C@@H](NC(C)C)CC2.[C-]#[O+].[C-]#[O+].[C-]#[O+].[Cr]. The Bertz CT molecular complexity index is 455. The number of aryl methyl sites for hydroxylation is 1. The molecule has 6 heteroatoms. The van der Waals surface area contributed by atoms with Crippen LogP contribution in [0.2, 0.25) is 0 Å². The molecule has 2 rings (SSSR count). The molecular formula is C17H21CrNO4. The molecule has 23 heavy (non-hydrogen) atoms. The van der Waals surface area contributed by atoms with Crippen molar-refractivity contribution in [2.24, 2.45) is 0 Å². The van der Waals surface area contributed by atoms with Crippen LogP contribution >= 0.6 is 0 Å². The fraction of sp³-hybridized carbons (Fsp3) is 0.471. The number of hydrogen-bond donors (Lipinski definition) is 1. The van der Waals surface area contributed by atoms with E-state index in [1.54, 1.807) is 7.11 Å². The molecule has 1 N–H and O–H groups in total. The zero-order valence-electron chi connectivity index (χ0n) is 13.5. The van der Waals surface area contributed by atoms with Gasteiger partial charge in [0.25, 0.3) is 0 Å². The predicted molar refractivity (Wildman–Crippen MR) is 78.9 cm³/mol. The van der Waals surface area contributed by atoms with E-state index < -0.39 is 0 Å². The second kappa shape index (κ2) is 17.1. The number of methoxy groups -OCH3 is 1. The van der Waals surface area contributed by atoms with Gasteiger partial charge in [-0.2, -0.15) is 0 Å². The van der Waals surface area contributed by atoms with E-state index in [-0.39, 0.29) is 17.4 Å². The number of ether oxygens (including phenoxy) is 1. The van der Waals surface area contributed by atoms with Gasteiger partial charge in [0.15, 0.2) is 0 Å². The molecule has 0 radical (unpaired) electrons. The van der Waals surface area contributed by atoms with E-state index >= 15 is 0 Å². The third-order valence-electron chi connectivity index (χ3n) is 3.23. The quantitative estimate of drug-likeness (QED) is 0.667. The zero-order chi connectivity index (χ0) is 17.5. The summed E-state index contributed by atoms with van der Waals surface area (Å²) in [6.07, 6.45) is 3.49. The first-order valence-electron chi connectivity index (χ1n) is 6.72. The van der Waals surface area contributed by atoms with Gasteiger partial charge in [0, 0.05) is 29.4 Å². The summed E-state index contributed by atoms with van der Waals surface area (Å²) in [6, 6.07) is 7.54. The molecule has 0 aromatic heterocycles. The molecule has 0 spiro atoms. The average Bonchev–Trinajstić information content (AvgIpc) is 2.59. The van der Waals surface area contributed by atoms with Crippen molar-refractivity contribution in [3.05, 3.63) is 49.3 Å². The van der Waals surface area contributed by atoms with E-state index in [0.717, 1.165) is 18.6 Å². The van der Waals surface area contributed by atoms with Gasteiger partial charge in [-0.15, -0.1) is 0 Å². The van der Waals surface area contributed by atoms with Crippen molar-refractivity contribution in [1.82, 2.24) is 5.32 Å². The molecule has 5 nitrogen and oxygen atoms in total. The molecule has 1 aromatic rings. The standard InChI is InChI=1S/C14H21NO.3CO.Cr/c1-10(2)15-12-8-7-11-5-4-6-14(16-3)13(11)9-12;3*1-2;/h4-6,10,12,15H,7-9H2,1-3H3;;;;/t12-;;;;/m0..../s1. The molecule has 1 aliphatic rings. The van der Waals surface area contributed by atoms with Crippen LogP contribution < -0.4 is 10.1 Å². The molecule has 1 aromatic carbocycles. The first kappa shape index (κ1) is 26.6. The van der Waals surface area contributed by atoms with Crippen molar-refractivity contribution < 1.29 is 36.1 Å². The van der Waals surface area contributed by atoms with Crippen LogP contribution in [0.25, 0.3) is 0 Å². The minimum atomic E-state index is 0. The number of benzene rings is 1. The number of rotatable bonds is 3. The van der Waals surface area contributed by atoms with Gasteiger partial charge in [-0.1, -0.05) is 26.0 Å². The summed E-state index contributed by atoms with van der Waals surface area (Å²) in [5, 5.41) is 3.62. The van der Waals surface area contributed by atoms with E-state index in [9.17, 15) is 0 Å². The van der Waals surface area contributed by atoms with Crippen LogP contribution in [0.4, 0.5) is 0 Å². The molecule has 1 atom stereocenters. The largest absolute Gasteiger partial charge is 0 e. The maximum Gasteiger partial charge on any atom is 0 e. The molecule has 0 fully saturated rings. The van der Waals surface area contributed by atoms with Gasteiger partial charge in [0.1, 0.15) is 5.75 Å². The Morgan fingerprint density at radius 1 is 1.13 bits per heavy atom. The molecule has 124 valence electrons. The van der Waals surface area contributed by atoms with Crippen molar-refractivity contribution in [1.29, 1.82) is 0 Å².